The second-order valence-corrected chi connectivity index (χ2v) is 14.9. The van der Waals surface area contributed by atoms with Crippen molar-refractivity contribution in [3.8, 4) is 17.1 Å². The third kappa shape index (κ3) is 9.00. The van der Waals surface area contributed by atoms with Crippen LogP contribution in [-0.4, -0.2) is 113 Å². The summed E-state index contributed by atoms with van der Waals surface area (Å²) >= 11 is 6.50. The van der Waals surface area contributed by atoms with Gasteiger partial charge in [-0.15, -0.1) is 0 Å². The van der Waals surface area contributed by atoms with Crippen LogP contribution in [0.1, 0.15) is 60.3 Å². The number of alkyl halides is 3. The van der Waals surface area contributed by atoms with E-state index in [0.717, 1.165) is 40.0 Å². The summed E-state index contributed by atoms with van der Waals surface area (Å²) in [6.45, 7) is 7.44. The van der Waals surface area contributed by atoms with Crippen LogP contribution in [0.3, 0.4) is 0 Å². The topological polar surface area (TPSA) is 191 Å². The van der Waals surface area contributed by atoms with Crippen molar-refractivity contribution in [2.24, 2.45) is 13.0 Å². The van der Waals surface area contributed by atoms with Crippen LogP contribution in [0.15, 0.2) is 48.9 Å². The highest BCUT2D eigenvalue weighted by atomic mass is 35.5. The summed E-state index contributed by atoms with van der Waals surface area (Å²) in [6.07, 6.45) is -1.28. The van der Waals surface area contributed by atoms with Gasteiger partial charge in [0.25, 0.3) is 17.5 Å². The number of anilines is 1. The number of imidazole rings is 1. The van der Waals surface area contributed by atoms with Crippen LogP contribution < -0.4 is 5.32 Å². The number of nitrogens with one attached hydrogen (secondary N) is 1. The van der Waals surface area contributed by atoms with Crippen LogP contribution in [0, 0.1) is 16.0 Å². The summed E-state index contributed by atoms with van der Waals surface area (Å²) in [6, 6.07) is 6.48. The zero-order chi connectivity index (χ0) is 41.4. The SMILES string of the molecule is Cn1c(-c2cn(-c3ccc([N+](=O)[O-])cn3)nc2C(F)(F)F)cnc1C(=O)Nc1ccc(C(=O)N2CCN(C(=O)C3CCN(C(=O)OC(C)(C)C)CC3)CC2)c(Cl)c1. The van der Waals surface area contributed by atoms with Gasteiger partial charge in [0.15, 0.2) is 17.3 Å². The van der Waals surface area contributed by atoms with Crippen molar-refractivity contribution < 1.29 is 42.0 Å². The molecule has 4 amide bonds. The molecule has 0 unspecified atom stereocenters. The van der Waals surface area contributed by atoms with Gasteiger partial charge in [-0.05, 0) is 57.9 Å². The average molecular weight is 815 g/mol. The number of aromatic nitrogens is 5. The number of pyridine rings is 1. The van der Waals surface area contributed by atoms with E-state index in [0.29, 0.717) is 39.0 Å². The number of nitro groups is 1. The highest BCUT2D eigenvalue weighted by Crippen LogP contribution is 2.37. The lowest BCUT2D eigenvalue weighted by Crippen LogP contribution is -2.53. The standard InChI is InChI=1S/C36H38ClF3N10O7/c1-35(2,3)57-34(54)48-11-9-21(10-12-48)32(52)46-13-15-47(16-14-46)33(53)24-7-5-22(17-26(24)37)43-31(51)30-42-19-27(45(30)4)25-20-49(44-29(25)36(38,39)40)28-8-6-23(18-41-28)50(55)56/h5-8,17-21H,9-16H2,1-4H3,(H,43,51). The number of nitrogens with zero attached hydrogens (tertiary/aromatic N) is 9. The van der Waals surface area contributed by atoms with Crippen molar-refractivity contribution in [3.05, 3.63) is 81.1 Å². The van der Waals surface area contributed by atoms with E-state index in [-0.39, 0.29) is 70.1 Å². The minimum Gasteiger partial charge on any atom is -0.444 e. The molecule has 0 saturated carbocycles. The van der Waals surface area contributed by atoms with E-state index in [9.17, 15) is 42.5 Å². The largest absolute Gasteiger partial charge is 0.444 e. The Balaban J connectivity index is 1.06. The predicted molar refractivity (Wildman–Crippen MR) is 198 cm³/mol. The van der Waals surface area contributed by atoms with Crippen molar-refractivity contribution in [2.45, 2.75) is 45.4 Å². The minimum atomic E-state index is -4.92. The number of piperidine rings is 1. The van der Waals surface area contributed by atoms with Crippen molar-refractivity contribution >= 4 is 46.8 Å². The highest BCUT2D eigenvalue weighted by Gasteiger charge is 2.39. The predicted octanol–water partition coefficient (Wildman–Crippen LogP) is 5.43. The Hall–Kier alpha value is -6.05. The Morgan fingerprint density at radius 3 is 2.18 bits per heavy atom. The van der Waals surface area contributed by atoms with E-state index in [1.165, 1.54) is 25.2 Å². The number of amides is 4. The summed E-state index contributed by atoms with van der Waals surface area (Å²) in [5.74, 6) is -1.76. The third-order valence-electron chi connectivity index (χ3n) is 9.46. The Labute approximate surface area is 328 Å². The maximum atomic E-state index is 14.1. The summed E-state index contributed by atoms with van der Waals surface area (Å²) in [5, 5.41) is 17.2. The molecule has 2 aliphatic heterocycles. The number of hydrogen-bond acceptors (Lipinski definition) is 10. The Morgan fingerprint density at radius 1 is 0.930 bits per heavy atom. The first-order valence-electron chi connectivity index (χ1n) is 17.8. The van der Waals surface area contributed by atoms with E-state index in [1.54, 1.807) is 35.5 Å². The molecular weight excluding hydrogens is 777 g/mol. The highest BCUT2D eigenvalue weighted by molar-refractivity contribution is 6.34. The molecule has 6 rings (SSSR count). The molecule has 21 heteroatoms. The summed E-state index contributed by atoms with van der Waals surface area (Å²) < 4.78 is 49.7. The second kappa shape index (κ2) is 15.8. The number of benzene rings is 1. The Kier molecular flexibility index (Phi) is 11.3. The van der Waals surface area contributed by atoms with Gasteiger partial charge in [0.2, 0.25) is 5.91 Å². The van der Waals surface area contributed by atoms with Crippen LogP contribution >= 0.6 is 11.6 Å². The molecule has 0 bridgehead atoms. The fourth-order valence-electron chi connectivity index (χ4n) is 6.53. The molecule has 2 aliphatic rings. The average Bonchev–Trinajstić information content (AvgIpc) is 3.78. The van der Waals surface area contributed by atoms with Gasteiger partial charge in [-0.3, -0.25) is 24.5 Å². The zero-order valence-corrected chi connectivity index (χ0v) is 32.0. The van der Waals surface area contributed by atoms with E-state index in [2.05, 4.69) is 20.4 Å². The quantitative estimate of drug-likeness (QED) is 0.186. The number of halogens is 4. The van der Waals surface area contributed by atoms with Gasteiger partial charge in [-0.25, -0.2) is 19.4 Å². The molecule has 4 aromatic rings. The van der Waals surface area contributed by atoms with Crippen molar-refractivity contribution in [3.63, 3.8) is 0 Å². The molecular formula is C36H38ClF3N10O7. The first-order chi connectivity index (χ1) is 26.8. The third-order valence-corrected chi connectivity index (χ3v) is 9.77. The lowest BCUT2D eigenvalue weighted by molar-refractivity contribution is -0.385. The van der Waals surface area contributed by atoms with Crippen molar-refractivity contribution in [2.75, 3.05) is 44.6 Å². The summed E-state index contributed by atoms with van der Waals surface area (Å²) in [7, 11) is 1.34. The number of ether oxygens (including phenoxy) is 1. The van der Waals surface area contributed by atoms with Gasteiger partial charge in [0.05, 0.1) is 33.0 Å². The van der Waals surface area contributed by atoms with E-state index in [1.807, 2.05) is 0 Å². The molecule has 0 aliphatic carbocycles. The fraction of sp³-hybridized carbons (Fsp3) is 0.417. The number of carbonyl (C=O) groups is 4. The maximum absolute atomic E-state index is 14.1. The molecule has 1 N–H and O–H groups in total. The number of likely N-dealkylation sites (tertiary alicyclic amines) is 1. The van der Waals surface area contributed by atoms with Gasteiger partial charge in [-0.2, -0.15) is 18.3 Å². The molecule has 302 valence electrons. The second-order valence-electron chi connectivity index (χ2n) is 14.5. The van der Waals surface area contributed by atoms with Crippen LogP contribution in [0.25, 0.3) is 17.1 Å². The Bertz CT molecular complexity index is 2200. The molecule has 17 nitrogen and oxygen atoms in total. The van der Waals surface area contributed by atoms with Crippen LogP contribution in [0.2, 0.25) is 5.02 Å². The molecule has 2 saturated heterocycles. The Morgan fingerprint density at radius 2 is 1.60 bits per heavy atom. The van der Waals surface area contributed by atoms with Gasteiger partial charge >= 0.3 is 12.3 Å². The number of hydrogen-bond donors (Lipinski definition) is 1. The maximum Gasteiger partial charge on any atom is 0.435 e. The van der Waals surface area contributed by atoms with E-state index >= 15 is 0 Å². The minimum absolute atomic E-state index is 0.0145. The monoisotopic (exact) mass is 814 g/mol. The first kappa shape index (κ1) is 40.6. The number of carbonyl (C=O) groups excluding carboxylic acids is 4. The van der Waals surface area contributed by atoms with Gasteiger partial charge < -0.3 is 29.3 Å². The lowest BCUT2D eigenvalue weighted by atomic mass is 9.95. The number of rotatable bonds is 7. The molecule has 57 heavy (non-hydrogen) atoms. The first-order valence-corrected chi connectivity index (χ1v) is 18.1. The van der Waals surface area contributed by atoms with Crippen molar-refractivity contribution in [1.82, 2.24) is 39.0 Å². The molecule has 0 radical (unpaired) electrons. The molecule has 2 fully saturated rings. The molecule has 5 heterocycles. The van der Waals surface area contributed by atoms with Gasteiger partial charge in [0.1, 0.15) is 11.8 Å². The molecule has 1 aromatic carbocycles. The molecule has 0 atom stereocenters. The number of piperazine rings is 1. The molecule has 0 spiro atoms. The normalized spacial score (nSPS) is 15.4. The zero-order valence-electron chi connectivity index (χ0n) is 31.2. The van der Waals surface area contributed by atoms with Crippen LogP contribution in [0.4, 0.5) is 29.3 Å². The van der Waals surface area contributed by atoms with Crippen LogP contribution in [0.5, 0.6) is 0 Å². The summed E-state index contributed by atoms with van der Waals surface area (Å²) in [5.41, 5.74) is -2.44. The van der Waals surface area contributed by atoms with Gasteiger partial charge in [-0.1, -0.05) is 11.6 Å². The molecule has 3 aromatic heterocycles. The van der Waals surface area contributed by atoms with Crippen LogP contribution in [-0.2, 0) is 22.8 Å². The van der Waals surface area contributed by atoms with E-state index in [4.69, 9.17) is 16.3 Å². The van der Waals surface area contributed by atoms with E-state index < -0.39 is 40.0 Å². The van der Waals surface area contributed by atoms with Crippen molar-refractivity contribution in [1.29, 1.82) is 0 Å². The smallest absolute Gasteiger partial charge is 0.435 e. The van der Waals surface area contributed by atoms with Gasteiger partial charge in [0, 0.05) is 70.2 Å². The fourth-order valence-corrected chi connectivity index (χ4v) is 6.79. The lowest BCUT2D eigenvalue weighted by Gasteiger charge is -2.38. The summed E-state index contributed by atoms with van der Waals surface area (Å²) in [4.78, 5) is 75.4.